The third kappa shape index (κ3) is 3.33. The highest BCUT2D eigenvalue weighted by Gasteiger charge is 2.29. The highest BCUT2D eigenvalue weighted by molar-refractivity contribution is 5.93. The highest BCUT2D eigenvalue weighted by atomic mass is 16.5. The van der Waals surface area contributed by atoms with Crippen LogP contribution >= 0.6 is 0 Å². The quantitative estimate of drug-likeness (QED) is 0.887. The number of hydrogen-bond donors (Lipinski definition) is 2. The van der Waals surface area contributed by atoms with Crippen LogP contribution in [0.5, 0.6) is 11.6 Å². The number of amides is 1. The minimum atomic E-state index is 0.0128. The van der Waals surface area contributed by atoms with E-state index in [4.69, 9.17) is 4.74 Å². The number of carbonyl (C=O) groups is 1. The Morgan fingerprint density at radius 3 is 2.77 bits per heavy atom. The Morgan fingerprint density at radius 1 is 1.27 bits per heavy atom. The molecule has 1 aliphatic carbocycles. The van der Waals surface area contributed by atoms with Crippen LogP contribution in [0.2, 0.25) is 0 Å². The molecular weight excluding hydrogens is 280 g/mol. The standard InChI is InChI=1S/C16H18N4O2/c1-10-7-12(5-6-13(10)17-2)22-15-8-14(18-9-19-15)20-16(21)11-3-4-11/h5-9,11,17H,3-4H2,1-2H3,(H,18,19,20,21). The van der Waals surface area contributed by atoms with Crippen molar-refractivity contribution >= 4 is 17.4 Å². The molecule has 2 aromatic rings. The Hall–Kier alpha value is -2.63. The molecule has 0 radical (unpaired) electrons. The van der Waals surface area contributed by atoms with Gasteiger partial charge in [0, 0.05) is 24.7 Å². The number of anilines is 2. The van der Waals surface area contributed by atoms with Crippen molar-refractivity contribution in [2.45, 2.75) is 19.8 Å². The Labute approximate surface area is 128 Å². The van der Waals surface area contributed by atoms with E-state index in [1.54, 1.807) is 6.07 Å². The molecule has 3 rings (SSSR count). The van der Waals surface area contributed by atoms with Crippen LogP contribution in [0.25, 0.3) is 0 Å². The number of hydrogen-bond acceptors (Lipinski definition) is 5. The minimum absolute atomic E-state index is 0.0128. The molecule has 0 atom stereocenters. The van der Waals surface area contributed by atoms with Crippen molar-refractivity contribution in [1.82, 2.24) is 9.97 Å². The number of carbonyl (C=O) groups excluding carboxylic acids is 1. The van der Waals surface area contributed by atoms with E-state index in [2.05, 4.69) is 20.6 Å². The fourth-order valence-corrected chi connectivity index (χ4v) is 2.14. The molecule has 0 bridgehead atoms. The van der Waals surface area contributed by atoms with Crippen molar-refractivity contribution in [3.8, 4) is 11.6 Å². The number of nitrogens with zero attached hydrogens (tertiary/aromatic N) is 2. The highest BCUT2D eigenvalue weighted by Crippen LogP contribution is 2.30. The van der Waals surface area contributed by atoms with Crippen molar-refractivity contribution in [2.24, 2.45) is 5.92 Å². The van der Waals surface area contributed by atoms with E-state index in [9.17, 15) is 4.79 Å². The van der Waals surface area contributed by atoms with Crippen LogP contribution in [0, 0.1) is 12.8 Å². The SMILES string of the molecule is CNc1ccc(Oc2cc(NC(=O)C3CC3)ncn2)cc1C. The summed E-state index contributed by atoms with van der Waals surface area (Å²) in [6, 6.07) is 7.36. The third-order valence-corrected chi connectivity index (χ3v) is 3.53. The van der Waals surface area contributed by atoms with E-state index in [1.165, 1.54) is 6.33 Å². The van der Waals surface area contributed by atoms with Gasteiger partial charge in [0.1, 0.15) is 17.9 Å². The predicted molar refractivity (Wildman–Crippen MR) is 84.2 cm³/mol. The van der Waals surface area contributed by atoms with Crippen LogP contribution in [-0.2, 0) is 4.79 Å². The molecule has 0 unspecified atom stereocenters. The van der Waals surface area contributed by atoms with Crippen LogP contribution in [0.4, 0.5) is 11.5 Å². The molecule has 1 aromatic heterocycles. The zero-order valence-electron chi connectivity index (χ0n) is 12.6. The molecular formula is C16H18N4O2. The van der Waals surface area contributed by atoms with E-state index in [0.717, 1.165) is 24.1 Å². The molecule has 1 aliphatic rings. The molecule has 1 amide bonds. The van der Waals surface area contributed by atoms with E-state index < -0.39 is 0 Å². The van der Waals surface area contributed by atoms with Crippen LogP contribution in [0.15, 0.2) is 30.6 Å². The maximum absolute atomic E-state index is 11.7. The lowest BCUT2D eigenvalue weighted by Crippen LogP contribution is -2.14. The van der Waals surface area contributed by atoms with Crippen molar-refractivity contribution in [3.05, 3.63) is 36.2 Å². The van der Waals surface area contributed by atoms with Crippen LogP contribution in [-0.4, -0.2) is 22.9 Å². The van der Waals surface area contributed by atoms with Gasteiger partial charge in [0.25, 0.3) is 0 Å². The van der Waals surface area contributed by atoms with Gasteiger partial charge in [-0.25, -0.2) is 9.97 Å². The molecule has 6 nitrogen and oxygen atoms in total. The van der Waals surface area contributed by atoms with Crippen molar-refractivity contribution in [2.75, 3.05) is 17.7 Å². The average Bonchev–Trinajstić information content (AvgIpc) is 3.32. The Morgan fingerprint density at radius 2 is 2.09 bits per heavy atom. The van der Waals surface area contributed by atoms with Gasteiger partial charge >= 0.3 is 0 Å². The predicted octanol–water partition coefficient (Wildman–Crippen LogP) is 2.97. The summed E-state index contributed by atoms with van der Waals surface area (Å²) in [6.45, 7) is 2.00. The summed E-state index contributed by atoms with van der Waals surface area (Å²) in [6.07, 6.45) is 3.29. The van der Waals surface area contributed by atoms with Gasteiger partial charge in [0.15, 0.2) is 0 Å². The first-order valence-electron chi connectivity index (χ1n) is 7.25. The first-order chi connectivity index (χ1) is 10.7. The summed E-state index contributed by atoms with van der Waals surface area (Å²) in [7, 11) is 1.88. The molecule has 0 saturated heterocycles. The number of nitrogens with one attached hydrogen (secondary N) is 2. The number of aromatic nitrogens is 2. The maximum Gasteiger partial charge on any atom is 0.228 e. The van der Waals surface area contributed by atoms with Crippen molar-refractivity contribution < 1.29 is 9.53 Å². The summed E-state index contributed by atoms with van der Waals surface area (Å²) < 4.78 is 5.73. The van der Waals surface area contributed by atoms with Crippen molar-refractivity contribution in [3.63, 3.8) is 0 Å². The molecule has 1 fully saturated rings. The van der Waals surface area contributed by atoms with E-state index >= 15 is 0 Å². The minimum Gasteiger partial charge on any atom is -0.439 e. The van der Waals surface area contributed by atoms with Crippen LogP contribution < -0.4 is 15.4 Å². The Balaban J connectivity index is 1.71. The summed E-state index contributed by atoms with van der Waals surface area (Å²) in [4.78, 5) is 19.9. The molecule has 6 heteroatoms. The third-order valence-electron chi connectivity index (χ3n) is 3.53. The van der Waals surface area contributed by atoms with Gasteiger partial charge in [-0.2, -0.15) is 0 Å². The Bertz CT molecular complexity index is 698. The lowest BCUT2D eigenvalue weighted by molar-refractivity contribution is -0.117. The molecule has 22 heavy (non-hydrogen) atoms. The topological polar surface area (TPSA) is 76.1 Å². The van der Waals surface area contributed by atoms with Crippen LogP contribution in [0.3, 0.4) is 0 Å². The normalized spacial score (nSPS) is 13.5. The maximum atomic E-state index is 11.7. The lowest BCUT2D eigenvalue weighted by Gasteiger charge is -2.09. The number of aryl methyl sites for hydroxylation is 1. The number of benzene rings is 1. The zero-order valence-corrected chi connectivity index (χ0v) is 12.6. The van der Waals surface area contributed by atoms with Gasteiger partial charge in [-0.15, -0.1) is 0 Å². The Kier molecular flexibility index (Phi) is 3.91. The molecule has 0 spiro atoms. The fraction of sp³-hybridized carbons (Fsp3) is 0.312. The summed E-state index contributed by atoms with van der Waals surface area (Å²) >= 11 is 0. The van der Waals surface area contributed by atoms with E-state index in [1.807, 2.05) is 32.2 Å². The first-order valence-corrected chi connectivity index (χ1v) is 7.25. The van der Waals surface area contributed by atoms with Gasteiger partial charge in [-0.05, 0) is 43.5 Å². The van der Waals surface area contributed by atoms with Gasteiger partial charge in [-0.1, -0.05) is 0 Å². The zero-order chi connectivity index (χ0) is 15.5. The second-order valence-corrected chi connectivity index (χ2v) is 5.33. The fourth-order valence-electron chi connectivity index (χ4n) is 2.14. The average molecular weight is 298 g/mol. The second-order valence-electron chi connectivity index (χ2n) is 5.33. The van der Waals surface area contributed by atoms with Gasteiger partial charge in [-0.3, -0.25) is 4.79 Å². The first kappa shape index (κ1) is 14.3. The molecule has 1 saturated carbocycles. The number of rotatable bonds is 5. The second kappa shape index (κ2) is 6.01. The molecule has 1 aromatic carbocycles. The summed E-state index contributed by atoms with van der Waals surface area (Å²) in [5, 5.41) is 5.88. The summed E-state index contributed by atoms with van der Waals surface area (Å²) in [5.74, 6) is 1.70. The lowest BCUT2D eigenvalue weighted by atomic mass is 10.2. The molecule has 0 aliphatic heterocycles. The van der Waals surface area contributed by atoms with Gasteiger partial charge in [0.05, 0.1) is 0 Å². The monoisotopic (exact) mass is 298 g/mol. The molecule has 114 valence electrons. The molecule has 1 heterocycles. The van der Waals surface area contributed by atoms with E-state index in [-0.39, 0.29) is 11.8 Å². The largest absolute Gasteiger partial charge is 0.439 e. The van der Waals surface area contributed by atoms with E-state index in [0.29, 0.717) is 17.4 Å². The smallest absolute Gasteiger partial charge is 0.228 e. The summed E-state index contributed by atoms with van der Waals surface area (Å²) in [5.41, 5.74) is 2.13. The number of ether oxygens (including phenoxy) is 1. The van der Waals surface area contributed by atoms with Gasteiger partial charge in [0.2, 0.25) is 11.8 Å². The van der Waals surface area contributed by atoms with Crippen molar-refractivity contribution in [1.29, 1.82) is 0 Å². The molecule has 2 N–H and O–H groups in total. The van der Waals surface area contributed by atoms with Gasteiger partial charge < -0.3 is 15.4 Å². The van der Waals surface area contributed by atoms with Crippen LogP contribution in [0.1, 0.15) is 18.4 Å².